The van der Waals surface area contributed by atoms with E-state index in [9.17, 15) is 5.02 Å². The number of rotatable bonds is 2. The molecule has 5 heteroatoms. The second-order valence-electron chi connectivity index (χ2n) is 5.47. The topological polar surface area (TPSA) is 51.6 Å². The lowest BCUT2D eigenvalue weighted by atomic mass is 9.80. The number of ether oxygens (including phenoxy) is 1. The smallest absolute Gasteiger partial charge is 0.439 e. The van der Waals surface area contributed by atoms with E-state index < -0.39 is 7.12 Å². The van der Waals surface area contributed by atoms with E-state index in [0.29, 0.717) is 18.2 Å². The number of nitrogens with zero attached hydrogens (tertiary/aromatic N) is 1. The fraction of sp³-hybridized carbons (Fsp3) is 0.118. The van der Waals surface area contributed by atoms with Gasteiger partial charge >= 0.3 is 7.12 Å². The van der Waals surface area contributed by atoms with Crippen LogP contribution in [0.4, 0.5) is 0 Å². The first-order valence-electron chi connectivity index (χ1n) is 7.17. The zero-order valence-corrected chi connectivity index (χ0v) is 12.1. The second-order valence-corrected chi connectivity index (χ2v) is 5.47. The second kappa shape index (κ2) is 5.12. The molecule has 4 nitrogen and oxygen atoms in total. The van der Waals surface area contributed by atoms with Crippen molar-refractivity contribution in [3.05, 3.63) is 59.7 Å². The minimum Gasteiger partial charge on any atom is -0.439 e. The Morgan fingerprint density at radius 3 is 2.95 bits per heavy atom. The first-order valence-corrected chi connectivity index (χ1v) is 7.17. The van der Waals surface area contributed by atoms with Gasteiger partial charge in [-0.2, -0.15) is 0 Å². The van der Waals surface area contributed by atoms with Crippen molar-refractivity contribution < 1.29 is 14.4 Å². The van der Waals surface area contributed by atoms with E-state index in [1.165, 1.54) is 5.56 Å². The third-order valence-corrected chi connectivity index (χ3v) is 3.82. The van der Waals surface area contributed by atoms with Crippen LogP contribution in [0, 0.1) is 6.92 Å². The molecular weight excluding hydrogens is 277 g/mol. The van der Waals surface area contributed by atoms with Crippen LogP contribution in [0.15, 0.2) is 48.5 Å². The summed E-state index contributed by atoms with van der Waals surface area (Å²) in [6, 6.07) is 15.5. The largest absolute Gasteiger partial charge is 0.491 e. The van der Waals surface area contributed by atoms with E-state index in [2.05, 4.69) is 18.0 Å². The van der Waals surface area contributed by atoms with Gasteiger partial charge in [0.05, 0.1) is 12.1 Å². The van der Waals surface area contributed by atoms with Crippen molar-refractivity contribution in [1.29, 1.82) is 0 Å². The molecule has 2 heterocycles. The van der Waals surface area contributed by atoms with Crippen LogP contribution in [0.2, 0.25) is 0 Å². The lowest BCUT2D eigenvalue weighted by molar-refractivity contribution is 0.275. The van der Waals surface area contributed by atoms with Gasteiger partial charge in [-0.1, -0.05) is 17.7 Å². The molecule has 0 atom stereocenters. The first-order chi connectivity index (χ1) is 10.7. The van der Waals surface area contributed by atoms with E-state index in [4.69, 9.17) is 9.39 Å². The van der Waals surface area contributed by atoms with Crippen molar-refractivity contribution in [2.24, 2.45) is 0 Å². The van der Waals surface area contributed by atoms with Crippen LogP contribution in [0.1, 0.15) is 11.1 Å². The Morgan fingerprint density at radius 2 is 2.05 bits per heavy atom. The van der Waals surface area contributed by atoms with Crippen molar-refractivity contribution in [3.63, 3.8) is 0 Å². The molecule has 1 aromatic heterocycles. The van der Waals surface area contributed by atoms with E-state index in [-0.39, 0.29) is 0 Å². The van der Waals surface area contributed by atoms with Gasteiger partial charge in [0.2, 0.25) is 5.88 Å². The lowest BCUT2D eigenvalue weighted by Crippen LogP contribution is -2.27. The molecule has 4 rings (SSSR count). The van der Waals surface area contributed by atoms with Crippen LogP contribution >= 0.6 is 0 Å². The van der Waals surface area contributed by atoms with Crippen molar-refractivity contribution in [1.82, 2.24) is 4.98 Å². The van der Waals surface area contributed by atoms with Crippen LogP contribution in [0.25, 0.3) is 10.9 Å². The molecular formula is C17H14BNO3. The maximum Gasteiger partial charge on any atom is 0.491 e. The Bertz CT molecular complexity index is 866. The van der Waals surface area contributed by atoms with Gasteiger partial charge < -0.3 is 14.4 Å². The predicted octanol–water partition coefficient (Wildman–Crippen LogP) is 2.55. The average molecular weight is 291 g/mol. The molecule has 0 amide bonds. The molecule has 0 bridgehead atoms. The SMILES string of the molecule is Cc1ccc2nc(Oc3ccc4c(c3)COB4O)ccc2c1. The number of benzene rings is 2. The number of hydrogen-bond donors (Lipinski definition) is 1. The van der Waals surface area contributed by atoms with Crippen molar-refractivity contribution >= 4 is 23.5 Å². The minimum atomic E-state index is -0.828. The van der Waals surface area contributed by atoms with Gasteiger partial charge in [-0.05, 0) is 48.3 Å². The summed E-state index contributed by atoms with van der Waals surface area (Å²) in [6.07, 6.45) is 0. The van der Waals surface area contributed by atoms with Gasteiger partial charge in [-0.3, -0.25) is 0 Å². The third kappa shape index (κ3) is 2.34. The van der Waals surface area contributed by atoms with Gasteiger partial charge in [0.25, 0.3) is 0 Å². The van der Waals surface area contributed by atoms with Crippen molar-refractivity contribution in [3.8, 4) is 11.6 Å². The standard InChI is InChI=1S/C17H14BNO3/c1-11-2-6-16-12(8-11)3-7-17(19-16)22-14-4-5-15-13(9-14)10-21-18(15)20/h2-9,20H,10H2,1H3. The minimum absolute atomic E-state index is 0.401. The summed E-state index contributed by atoms with van der Waals surface area (Å²) in [5, 5.41) is 10.7. The molecule has 0 radical (unpaired) electrons. The summed E-state index contributed by atoms with van der Waals surface area (Å²) in [7, 11) is -0.828. The van der Waals surface area contributed by atoms with Crippen LogP contribution in [0.5, 0.6) is 11.6 Å². The predicted molar refractivity (Wildman–Crippen MR) is 85.4 cm³/mol. The Balaban J connectivity index is 1.65. The maximum absolute atomic E-state index is 9.63. The van der Waals surface area contributed by atoms with Crippen LogP contribution in [-0.4, -0.2) is 17.1 Å². The molecule has 0 aliphatic carbocycles. The number of pyridine rings is 1. The number of aromatic nitrogens is 1. The first kappa shape index (κ1) is 13.3. The van der Waals surface area contributed by atoms with Crippen molar-refractivity contribution in [2.45, 2.75) is 13.5 Å². The number of fused-ring (bicyclic) bond motifs is 2. The molecule has 0 spiro atoms. The van der Waals surface area contributed by atoms with Gasteiger partial charge in [-0.15, -0.1) is 0 Å². The van der Waals surface area contributed by atoms with Crippen LogP contribution < -0.4 is 10.2 Å². The summed E-state index contributed by atoms with van der Waals surface area (Å²) in [5.41, 5.74) is 3.86. The Kier molecular flexibility index (Phi) is 3.10. The highest BCUT2D eigenvalue weighted by molar-refractivity contribution is 6.61. The normalized spacial score (nSPS) is 13.5. The summed E-state index contributed by atoms with van der Waals surface area (Å²) < 4.78 is 11.0. The van der Waals surface area contributed by atoms with Gasteiger partial charge in [0.15, 0.2) is 0 Å². The third-order valence-electron chi connectivity index (χ3n) is 3.82. The molecule has 108 valence electrons. The summed E-state index contributed by atoms with van der Waals surface area (Å²) in [4.78, 5) is 4.52. The fourth-order valence-electron chi connectivity index (χ4n) is 2.67. The molecule has 2 aromatic carbocycles. The van der Waals surface area contributed by atoms with E-state index in [0.717, 1.165) is 21.9 Å². The number of hydrogen-bond acceptors (Lipinski definition) is 4. The van der Waals surface area contributed by atoms with Crippen molar-refractivity contribution in [2.75, 3.05) is 0 Å². The summed E-state index contributed by atoms with van der Waals surface area (Å²) in [6.45, 7) is 2.46. The van der Waals surface area contributed by atoms with Gasteiger partial charge in [-0.25, -0.2) is 4.98 Å². The van der Waals surface area contributed by atoms with Gasteiger partial charge in [0.1, 0.15) is 5.75 Å². The Labute approximate surface area is 128 Å². The number of aryl methyl sites for hydroxylation is 1. The summed E-state index contributed by atoms with van der Waals surface area (Å²) in [5.74, 6) is 1.24. The molecule has 1 aliphatic heterocycles. The molecule has 1 N–H and O–H groups in total. The van der Waals surface area contributed by atoms with E-state index in [1.54, 1.807) is 0 Å². The highest BCUT2D eigenvalue weighted by Crippen LogP contribution is 2.24. The zero-order chi connectivity index (χ0) is 15.1. The van der Waals surface area contributed by atoms with E-state index >= 15 is 0 Å². The fourth-order valence-corrected chi connectivity index (χ4v) is 2.67. The van der Waals surface area contributed by atoms with Crippen LogP contribution in [-0.2, 0) is 11.3 Å². The quantitative estimate of drug-likeness (QED) is 0.737. The van der Waals surface area contributed by atoms with Crippen LogP contribution in [0.3, 0.4) is 0 Å². The Morgan fingerprint density at radius 1 is 1.14 bits per heavy atom. The molecule has 0 saturated heterocycles. The zero-order valence-electron chi connectivity index (χ0n) is 12.1. The monoisotopic (exact) mass is 291 g/mol. The van der Waals surface area contributed by atoms with E-state index in [1.807, 2.05) is 42.5 Å². The lowest BCUT2D eigenvalue weighted by Gasteiger charge is -2.07. The highest BCUT2D eigenvalue weighted by atomic mass is 16.5. The molecule has 22 heavy (non-hydrogen) atoms. The highest BCUT2D eigenvalue weighted by Gasteiger charge is 2.27. The summed E-state index contributed by atoms with van der Waals surface area (Å²) >= 11 is 0. The molecule has 0 fully saturated rings. The van der Waals surface area contributed by atoms with Gasteiger partial charge in [0, 0.05) is 11.5 Å². The molecule has 0 saturated carbocycles. The molecule has 3 aromatic rings. The molecule has 0 unspecified atom stereocenters. The average Bonchev–Trinajstić information content (AvgIpc) is 2.88. The Hall–Kier alpha value is -2.37. The molecule has 1 aliphatic rings. The maximum atomic E-state index is 9.63.